The van der Waals surface area contributed by atoms with E-state index in [1.54, 1.807) is 11.2 Å². The van der Waals surface area contributed by atoms with Gasteiger partial charge in [-0.05, 0) is 23.8 Å². The molecule has 0 fully saturated rings. The Morgan fingerprint density at radius 2 is 1.89 bits per heavy atom. The van der Waals surface area contributed by atoms with Crippen molar-refractivity contribution in [2.45, 2.75) is 11.3 Å². The summed E-state index contributed by atoms with van der Waals surface area (Å²) >= 11 is 0. The minimum Gasteiger partial charge on any atom is -0.501 e. The Balaban J connectivity index is 1.61. The third kappa shape index (κ3) is 1.85. The van der Waals surface area contributed by atoms with E-state index in [9.17, 15) is 4.79 Å². The second kappa shape index (κ2) is 5.44. The lowest BCUT2D eigenvalue weighted by Gasteiger charge is -2.26. The highest BCUT2D eigenvalue weighted by Gasteiger charge is 2.58. The molecule has 0 N–H and O–H groups in total. The van der Waals surface area contributed by atoms with Crippen LogP contribution in [0.4, 0.5) is 5.69 Å². The van der Waals surface area contributed by atoms with Crippen LogP contribution in [0.3, 0.4) is 0 Å². The number of fused-ring (bicyclic) bond motifs is 5. The molecule has 0 aromatic heterocycles. The van der Waals surface area contributed by atoms with E-state index in [-0.39, 0.29) is 18.4 Å². The van der Waals surface area contributed by atoms with Gasteiger partial charge in [0.1, 0.15) is 31.0 Å². The predicted octanol–water partition coefficient (Wildman–Crippen LogP) is 2.74. The van der Waals surface area contributed by atoms with Crippen LogP contribution in [0.2, 0.25) is 0 Å². The number of hydrogen-bond donors (Lipinski definition) is 0. The Hall–Kier alpha value is -3.15. The van der Waals surface area contributed by atoms with Crippen molar-refractivity contribution in [2.24, 2.45) is 0 Å². The highest BCUT2D eigenvalue weighted by molar-refractivity contribution is 6.11. The predicted molar refractivity (Wildman–Crippen MR) is 101 cm³/mol. The van der Waals surface area contributed by atoms with Crippen LogP contribution in [0.1, 0.15) is 22.6 Å². The highest BCUT2D eigenvalue weighted by Crippen LogP contribution is 2.56. The smallest absolute Gasteiger partial charge is 0.245 e. The van der Waals surface area contributed by atoms with Gasteiger partial charge in [0.05, 0.1) is 12.9 Å². The van der Waals surface area contributed by atoms with Gasteiger partial charge in [-0.15, -0.1) is 0 Å². The van der Waals surface area contributed by atoms with Gasteiger partial charge in [0.25, 0.3) is 0 Å². The molecule has 0 saturated heterocycles. The molecule has 0 aliphatic carbocycles. The van der Waals surface area contributed by atoms with Crippen LogP contribution in [0.5, 0.6) is 17.2 Å². The van der Waals surface area contributed by atoms with Crippen molar-refractivity contribution in [3.63, 3.8) is 0 Å². The molecule has 6 heteroatoms. The normalized spacial score (nSPS) is 26.2. The minimum atomic E-state index is -0.873. The van der Waals surface area contributed by atoms with Crippen molar-refractivity contribution in [3.8, 4) is 17.2 Å². The first kappa shape index (κ1) is 15.9. The fourth-order valence-electron chi connectivity index (χ4n) is 4.84. The van der Waals surface area contributed by atoms with Gasteiger partial charge in [0, 0.05) is 35.8 Å². The molecule has 2 aromatic rings. The van der Waals surface area contributed by atoms with Crippen LogP contribution in [-0.2, 0) is 14.9 Å². The Morgan fingerprint density at radius 1 is 1.07 bits per heavy atom. The van der Waals surface area contributed by atoms with E-state index in [1.165, 1.54) is 0 Å². The molecular formula is C22H19NO5. The molecule has 0 radical (unpaired) electrons. The Labute approximate surface area is 162 Å². The number of ether oxygens (including phenoxy) is 4. The van der Waals surface area contributed by atoms with Gasteiger partial charge in [0.2, 0.25) is 5.91 Å². The Kier molecular flexibility index (Phi) is 3.08. The minimum absolute atomic E-state index is 0.0215. The summed E-state index contributed by atoms with van der Waals surface area (Å²) in [6.45, 7) is 1.87. The first-order chi connectivity index (χ1) is 13.7. The molecule has 2 atom stereocenters. The van der Waals surface area contributed by atoms with Crippen molar-refractivity contribution < 1.29 is 23.7 Å². The number of hydrogen-bond acceptors (Lipinski definition) is 5. The van der Waals surface area contributed by atoms with Gasteiger partial charge in [0.15, 0.2) is 11.5 Å². The standard InChI is InChI=1S/C22H19NO5/c1-23-16-4-2-3-14(13-5-6-25-11-13)20(16)22(21(23)24)12-28-17-10-19-18(9-15(17)22)26-7-8-27-19/h2-6,9-10,13H,7-8,11-12H2,1H3. The van der Waals surface area contributed by atoms with Crippen molar-refractivity contribution in [1.82, 2.24) is 0 Å². The molecule has 1 spiro atoms. The average molecular weight is 377 g/mol. The van der Waals surface area contributed by atoms with Gasteiger partial charge in [-0.1, -0.05) is 12.1 Å². The van der Waals surface area contributed by atoms with Crippen LogP contribution in [0.25, 0.3) is 0 Å². The molecule has 142 valence electrons. The fourth-order valence-corrected chi connectivity index (χ4v) is 4.84. The first-order valence-electron chi connectivity index (χ1n) is 9.47. The lowest BCUT2D eigenvalue weighted by atomic mass is 9.73. The van der Waals surface area contributed by atoms with Gasteiger partial charge < -0.3 is 23.8 Å². The van der Waals surface area contributed by atoms with Crippen molar-refractivity contribution in [1.29, 1.82) is 0 Å². The Bertz CT molecular complexity index is 1050. The van der Waals surface area contributed by atoms with Crippen LogP contribution in [0.15, 0.2) is 42.7 Å². The van der Waals surface area contributed by atoms with E-state index in [0.717, 1.165) is 22.4 Å². The van der Waals surface area contributed by atoms with Crippen molar-refractivity contribution >= 4 is 11.6 Å². The molecule has 2 aromatic carbocycles. The van der Waals surface area contributed by atoms with Gasteiger partial charge in [-0.25, -0.2) is 0 Å². The number of amides is 1. The molecule has 6 rings (SSSR count). The van der Waals surface area contributed by atoms with E-state index >= 15 is 0 Å². The topological polar surface area (TPSA) is 57.2 Å². The third-order valence-corrected chi connectivity index (χ3v) is 6.16. The molecule has 28 heavy (non-hydrogen) atoms. The summed E-state index contributed by atoms with van der Waals surface area (Å²) < 4.78 is 23.0. The molecular weight excluding hydrogens is 358 g/mol. The van der Waals surface area contributed by atoms with Crippen LogP contribution >= 0.6 is 0 Å². The molecule has 4 heterocycles. The number of anilines is 1. The molecule has 1 amide bonds. The molecule has 2 unspecified atom stereocenters. The molecule has 0 bridgehead atoms. The van der Waals surface area contributed by atoms with Crippen molar-refractivity contribution in [2.75, 3.05) is 38.4 Å². The second-order valence-corrected chi connectivity index (χ2v) is 7.56. The maximum absolute atomic E-state index is 13.6. The zero-order valence-corrected chi connectivity index (χ0v) is 15.4. The van der Waals surface area contributed by atoms with Crippen LogP contribution in [0, 0.1) is 0 Å². The number of carbonyl (C=O) groups is 1. The number of benzene rings is 2. The largest absolute Gasteiger partial charge is 0.501 e. The molecule has 6 nitrogen and oxygen atoms in total. The Morgan fingerprint density at radius 3 is 2.68 bits per heavy atom. The van der Waals surface area contributed by atoms with Gasteiger partial charge >= 0.3 is 0 Å². The fraction of sp³-hybridized carbons (Fsp3) is 0.318. The number of nitrogens with zero attached hydrogens (tertiary/aromatic N) is 1. The summed E-state index contributed by atoms with van der Waals surface area (Å²) in [4.78, 5) is 15.4. The molecule has 4 aliphatic heterocycles. The summed E-state index contributed by atoms with van der Waals surface area (Å²) in [6.07, 6.45) is 3.78. The SMILES string of the molecule is CN1C(=O)C2(COc3cc4c(cc32)OCCO4)c2c(C3C=COC3)cccc21. The monoisotopic (exact) mass is 377 g/mol. The summed E-state index contributed by atoms with van der Waals surface area (Å²) in [5, 5.41) is 0. The zero-order chi connectivity index (χ0) is 18.9. The number of rotatable bonds is 1. The highest BCUT2D eigenvalue weighted by atomic mass is 16.6. The van der Waals surface area contributed by atoms with Gasteiger partial charge in [-0.3, -0.25) is 4.79 Å². The zero-order valence-electron chi connectivity index (χ0n) is 15.4. The lowest BCUT2D eigenvalue weighted by Crippen LogP contribution is -2.41. The van der Waals surface area contributed by atoms with Crippen LogP contribution in [-0.4, -0.2) is 39.4 Å². The summed E-state index contributed by atoms with van der Waals surface area (Å²) in [5.74, 6) is 2.16. The van der Waals surface area contributed by atoms with Crippen LogP contribution < -0.4 is 19.1 Å². The van der Waals surface area contributed by atoms with E-state index < -0.39 is 5.41 Å². The summed E-state index contributed by atoms with van der Waals surface area (Å²) in [7, 11) is 1.83. The van der Waals surface area contributed by atoms with E-state index in [0.29, 0.717) is 37.1 Å². The quantitative estimate of drug-likeness (QED) is 0.765. The second-order valence-electron chi connectivity index (χ2n) is 7.56. The van der Waals surface area contributed by atoms with E-state index in [1.807, 2.05) is 37.4 Å². The third-order valence-electron chi connectivity index (χ3n) is 6.16. The molecule has 4 aliphatic rings. The van der Waals surface area contributed by atoms with E-state index in [2.05, 4.69) is 6.07 Å². The van der Waals surface area contributed by atoms with E-state index in [4.69, 9.17) is 18.9 Å². The number of carbonyl (C=O) groups excluding carboxylic acids is 1. The van der Waals surface area contributed by atoms with Gasteiger partial charge in [-0.2, -0.15) is 0 Å². The summed E-state index contributed by atoms with van der Waals surface area (Å²) in [5.41, 5.74) is 3.02. The maximum Gasteiger partial charge on any atom is 0.245 e. The average Bonchev–Trinajstić information content (AvgIpc) is 3.43. The summed E-state index contributed by atoms with van der Waals surface area (Å²) in [6, 6.07) is 9.87. The lowest BCUT2D eigenvalue weighted by molar-refractivity contribution is -0.121. The van der Waals surface area contributed by atoms with Crippen molar-refractivity contribution in [3.05, 3.63) is 59.4 Å². The first-order valence-corrected chi connectivity index (χ1v) is 9.47. The maximum atomic E-state index is 13.6. The molecule has 0 saturated carbocycles. The number of likely N-dealkylation sites (N-methyl/N-ethyl adjacent to an activating group) is 1.